The van der Waals surface area contributed by atoms with Gasteiger partial charge in [-0.25, -0.2) is 0 Å². The van der Waals surface area contributed by atoms with Crippen LogP contribution in [0.25, 0.3) is 0 Å². The number of hydrogen-bond donors (Lipinski definition) is 0. The zero-order valence-electron chi connectivity index (χ0n) is 7.33. The van der Waals surface area contributed by atoms with Crippen LogP contribution in [0.4, 0.5) is 0 Å². The number of nitrogens with zero attached hydrogens (tertiary/aromatic N) is 1. The summed E-state index contributed by atoms with van der Waals surface area (Å²) in [4.78, 5) is 13.0. The summed E-state index contributed by atoms with van der Waals surface area (Å²) in [6.07, 6.45) is 1.49. The van der Waals surface area contributed by atoms with Gasteiger partial charge in [-0.15, -0.1) is 0 Å². The van der Waals surface area contributed by atoms with Crippen molar-refractivity contribution in [2.75, 3.05) is 7.11 Å². The van der Waals surface area contributed by atoms with Gasteiger partial charge in [0.15, 0.2) is 0 Å². The van der Waals surface area contributed by atoms with Gasteiger partial charge < -0.3 is 9.64 Å². The van der Waals surface area contributed by atoms with E-state index in [2.05, 4.69) is 0 Å². The van der Waals surface area contributed by atoms with Gasteiger partial charge in [-0.3, -0.25) is 4.79 Å². The monoisotopic (exact) mass is 157 g/mol. The number of amides is 1. The van der Waals surface area contributed by atoms with Gasteiger partial charge in [-0.2, -0.15) is 0 Å². The molecule has 0 saturated carbocycles. The highest BCUT2D eigenvalue weighted by Gasteiger charge is 2.32. The fraction of sp³-hybridized carbons (Fsp3) is 0.875. The summed E-state index contributed by atoms with van der Waals surface area (Å²) in [7, 11) is 1.65. The molecule has 11 heavy (non-hydrogen) atoms. The largest absolute Gasteiger partial charge is 0.362 e. The predicted molar refractivity (Wildman–Crippen MR) is 42.0 cm³/mol. The predicted octanol–water partition coefficient (Wildman–Crippen LogP) is 0.990. The van der Waals surface area contributed by atoms with E-state index in [-0.39, 0.29) is 18.2 Å². The molecule has 0 N–H and O–H groups in total. The van der Waals surface area contributed by atoms with Crippen LogP contribution >= 0.6 is 0 Å². The number of methoxy groups -OCH3 is 1. The maximum absolute atomic E-state index is 11.2. The molecule has 1 heterocycles. The molecule has 0 radical (unpaired) electrons. The van der Waals surface area contributed by atoms with Crippen LogP contribution in [0, 0.1) is 0 Å². The lowest BCUT2D eigenvalue weighted by molar-refractivity contribution is -0.137. The Morgan fingerprint density at radius 3 is 2.64 bits per heavy atom. The minimum atomic E-state index is 0.0162. The minimum absolute atomic E-state index is 0.0162. The van der Waals surface area contributed by atoms with Crippen LogP contribution in [0.5, 0.6) is 0 Å². The summed E-state index contributed by atoms with van der Waals surface area (Å²) in [5, 5.41) is 0. The minimum Gasteiger partial charge on any atom is -0.362 e. The van der Waals surface area contributed by atoms with Crippen molar-refractivity contribution < 1.29 is 9.53 Å². The van der Waals surface area contributed by atoms with Crippen LogP contribution < -0.4 is 0 Å². The Balaban J connectivity index is 2.63. The van der Waals surface area contributed by atoms with Crippen molar-refractivity contribution in [1.29, 1.82) is 0 Å². The molecular weight excluding hydrogens is 142 g/mol. The molecule has 64 valence electrons. The Morgan fingerprint density at radius 2 is 2.27 bits per heavy atom. The van der Waals surface area contributed by atoms with E-state index in [1.807, 2.05) is 13.8 Å². The zero-order chi connectivity index (χ0) is 8.43. The summed E-state index contributed by atoms with van der Waals surface area (Å²) in [5.74, 6) is 0.215. The van der Waals surface area contributed by atoms with Crippen molar-refractivity contribution in [2.24, 2.45) is 0 Å². The Hall–Kier alpha value is -0.570. The normalized spacial score (nSPS) is 25.3. The van der Waals surface area contributed by atoms with E-state index < -0.39 is 0 Å². The molecule has 1 aliphatic rings. The molecule has 1 saturated heterocycles. The van der Waals surface area contributed by atoms with Crippen LogP contribution in [0.3, 0.4) is 0 Å². The quantitative estimate of drug-likeness (QED) is 0.598. The van der Waals surface area contributed by atoms with Gasteiger partial charge in [-0.05, 0) is 13.8 Å². The summed E-state index contributed by atoms with van der Waals surface area (Å²) >= 11 is 0. The molecule has 0 aromatic rings. The van der Waals surface area contributed by atoms with E-state index in [9.17, 15) is 4.79 Å². The molecule has 3 nitrogen and oxygen atoms in total. The fourth-order valence-corrected chi connectivity index (χ4v) is 1.53. The lowest BCUT2D eigenvalue weighted by Gasteiger charge is -2.27. The maximum Gasteiger partial charge on any atom is 0.225 e. The van der Waals surface area contributed by atoms with Crippen molar-refractivity contribution in [3.05, 3.63) is 0 Å². The lowest BCUT2D eigenvalue weighted by Crippen LogP contribution is -2.39. The van der Waals surface area contributed by atoms with Gasteiger partial charge in [0.1, 0.15) is 6.23 Å². The van der Waals surface area contributed by atoms with Crippen LogP contribution in [-0.4, -0.2) is 30.2 Å². The number of carbonyl (C=O) groups excluding carboxylic acids is 1. The summed E-state index contributed by atoms with van der Waals surface area (Å²) in [6, 6.07) is 0.259. The number of likely N-dealkylation sites (tertiary alicyclic amines) is 1. The van der Waals surface area contributed by atoms with Gasteiger partial charge in [-0.1, -0.05) is 0 Å². The molecule has 3 heteroatoms. The van der Waals surface area contributed by atoms with Gasteiger partial charge in [0, 0.05) is 26.0 Å². The lowest BCUT2D eigenvalue weighted by atomic mass is 10.3. The first kappa shape index (κ1) is 8.53. The Kier molecular flexibility index (Phi) is 2.49. The zero-order valence-corrected chi connectivity index (χ0v) is 7.33. The van der Waals surface area contributed by atoms with E-state index in [0.29, 0.717) is 6.42 Å². The first-order chi connectivity index (χ1) is 5.16. The maximum atomic E-state index is 11.2. The van der Waals surface area contributed by atoms with Gasteiger partial charge in [0.05, 0.1) is 0 Å². The molecular formula is C8H15NO2. The molecule has 0 aromatic heterocycles. The van der Waals surface area contributed by atoms with Gasteiger partial charge in [0.2, 0.25) is 5.91 Å². The molecule has 0 aliphatic carbocycles. The first-order valence-electron chi connectivity index (χ1n) is 4.00. The molecule has 0 bridgehead atoms. The van der Waals surface area contributed by atoms with E-state index >= 15 is 0 Å². The summed E-state index contributed by atoms with van der Waals surface area (Å²) in [5.41, 5.74) is 0. The van der Waals surface area contributed by atoms with Crippen LogP contribution in [-0.2, 0) is 9.53 Å². The highest BCUT2D eigenvalue weighted by atomic mass is 16.5. The number of carbonyl (C=O) groups is 1. The van der Waals surface area contributed by atoms with E-state index in [0.717, 1.165) is 6.42 Å². The average Bonchev–Trinajstić information content (AvgIpc) is 2.30. The van der Waals surface area contributed by atoms with Crippen LogP contribution in [0.1, 0.15) is 26.7 Å². The smallest absolute Gasteiger partial charge is 0.225 e. The third-order valence-electron chi connectivity index (χ3n) is 2.03. The summed E-state index contributed by atoms with van der Waals surface area (Å²) in [6.45, 7) is 4.02. The molecule has 1 atom stereocenters. The molecule has 1 fully saturated rings. The van der Waals surface area contributed by atoms with E-state index in [1.165, 1.54) is 0 Å². The van der Waals surface area contributed by atoms with Crippen LogP contribution in [0.15, 0.2) is 0 Å². The van der Waals surface area contributed by atoms with E-state index in [1.54, 1.807) is 12.0 Å². The highest BCUT2D eigenvalue weighted by molar-refractivity contribution is 5.78. The SMILES string of the molecule is COC1CCC(=O)N1C(C)C. The number of ether oxygens (including phenoxy) is 1. The van der Waals surface area contributed by atoms with Crippen molar-refractivity contribution in [1.82, 2.24) is 4.90 Å². The second-order valence-electron chi connectivity index (χ2n) is 3.12. The van der Waals surface area contributed by atoms with Crippen molar-refractivity contribution in [2.45, 2.75) is 39.0 Å². The third kappa shape index (κ3) is 1.53. The molecule has 1 rings (SSSR count). The molecule has 1 amide bonds. The van der Waals surface area contributed by atoms with Crippen molar-refractivity contribution >= 4 is 5.91 Å². The Bertz CT molecular complexity index is 156. The summed E-state index contributed by atoms with van der Waals surface area (Å²) < 4.78 is 5.16. The molecule has 0 spiro atoms. The Morgan fingerprint density at radius 1 is 1.64 bits per heavy atom. The van der Waals surface area contributed by atoms with Gasteiger partial charge in [0.25, 0.3) is 0 Å². The van der Waals surface area contributed by atoms with Crippen molar-refractivity contribution in [3.8, 4) is 0 Å². The Labute approximate surface area is 67.3 Å². The molecule has 1 aliphatic heterocycles. The van der Waals surface area contributed by atoms with Crippen LogP contribution in [0.2, 0.25) is 0 Å². The standard InChI is InChI=1S/C8H15NO2/c1-6(2)9-7(10)4-5-8(9)11-3/h6,8H,4-5H2,1-3H3. The third-order valence-corrected chi connectivity index (χ3v) is 2.03. The molecule has 0 aromatic carbocycles. The van der Waals surface area contributed by atoms with E-state index in [4.69, 9.17) is 4.74 Å². The second kappa shape index (κ2) is 3.22. The topological polar surface area (TPSA) is 29.5 Å². The van der Waals surface area contributed by atoms with Gasteiger partial charge >= 0.3 is 0 Å². The van der Waals surface area contributed by atoms with Crippen molar-refractivity contribution in [3.63, 3.8) is 0 Å². The highest BCUT2D eigenvalue weighted by Crippen LogP contribution is 2.21. The first-order valence-corrected chi connectivity index (χ1v) is 4.00. The fourth-order valence-electron chi connectivity index (χ4n) is 1.53. The molecule has 1 unspecified atom stereocenters. The second-order valence-corrected chi connectivity index (χ2v) is 3.12. The average molecular weight is 157 g/mol. The number of rotatable bonds is 2. The number of hydrogen-bond acceptors (Lipinski definition) is 2.